The lowest BCUT2D eigenvalue weighted by molar-refractivity contribution is -0.133. The molecule has 3 heterocycles. The first kappa shape index (κ1) is 14.1. The second-order valence-electron chi connectivity index (χ2n) is 5.45. The standard InChI is InChI=1S/C13H19N5O2S/c1-16-6-7-18(8-9(16)19)12(20)10-11(14)15-13(21-10)17-4-2-3-5-17/h2-8,14H2,1H3. The Morgan fingerprint density at radius 3 is 2.62 bits per heavy atom. The molecule has 8 heteroatoms. The van der Waals surface area contributed by atoms with Crippen molar-refractivity contribution in [1.82, 2.24) is 14.8 Å². The minimum Gasteiger partial charge on any atom is -0.382 e. The summed E-state index contributed by atoms with van der Waals surface area (Å²) in [5, 5.41) is 0.814. The highest BCUT2D eigenvalue weighted by molar-refractivity contribution is 7.18. The minimum absolute atomic E-state index is 0.0440. The lowest BCUT2D eigenvalue weighted by Gasteiger charge is -2.31. The molecular formula is C13H19N5O2S. The maximum absolute atomic E-state index is 12.5. The number of amides is 2. The molecule has 2 amide bonds. The van der Waals surface area contributed by atoms with E-state index in [1.54, 1.807) is 16.8 Å². The molecule has 0 aliphatic carbocycles. The lowest BCUT2D eigenvalue weighted by Crippen LogP contribution is -2.50. The van der Waals surface area contributed by atoms with E-state index in [4.69, 9.17) is 5.73 Å². The fraction of sp³-hybridized carbons (Fsp3) is 0.615. The Morgan fingerprint density at radius 1 is 1.24 bits per heavy atom. The van der Waals surface area contributed by atoms with Gasteiger partial charge in [0.2, 0.25) is 5.91 Å². The van der Waals surface area contributed by atoms with Crippen LogP contribution in [0.15, 0.2) is 0 Å². The summed E-state index contributed by atoms with van der Waals surface area (Å²) >= 11 is 1.33. The van der Waals surface area contributed by atoms with Crippen molar-refractivity contribution in [1.29, 1.82) is 0 Å². The number of nitrogen functional groups attached to an aromatic ring is 1. The summed E-state index contributed by atoms with van der Waals surface area (Å²) in [5.41, 5.74) is 5.91. The van der Waals surface area contributed by atoms with Crippen LogP contribution < -0.4 is 10.6 Å². The van der Waals surface area contributed by atoms with Crippen molar-refractivity contribution in [3.8, 4) is 0 Å². The molecule has 2 aliphatic heterocycles. The molecule has 0 aromatic carbocycles. The lowest BCUT2D eigenvalue weighted by atomic mass is 10.3. The van der Waals surface area contributed by atoms with Gasteiger partial charge in [-0.05, 0) is 12.8 Å². The normalized spacial score (nSPS) is 19.5. The first-order valence-electron chi connectivity index (χ1n) is 7.11. The van der Waals surface area contributed by atoms with E-state index in [0.717, 1.165) is 31.1 Å². The fourth-order valence-corrected chi connectivity index (χ4v) is 3.60. The highest BCUT2D eigenvalue weighted by Gasteiger charge is 2.29. The Bertz CT molecular complexity index is 567. The zero-order valence-electron chi connectivity index (χ0n) is 12.0. The summed E-state index contributed by atoms with van der Waals surface area (Å²) in [7, 11) is 1.75. The van der Waals surface area contributed by atoms with E-state index in [1.165, 1.54) is 11.3 Å². The van der Waals surface area contributed by atoms with Crippen molar-refractivity contribution in [2.24, 2.45) is 0 Å². The molecule has 0 atom stereocenters. The van der Waals surface area contributed by atoms with Gasteiger partial charge in [-0.1, -0.05) is 11.3 Å². The number of piperazine rings is 1. The van der Waals surface area contributed by atoms with Gasteiger partial charge in [0.25, 0.3) is 5.91 Å². The van der Waals surface area contributed by atoms with Crippen molar-refractivity contribution < 1.29 is 9.59 Å². The average Bonchev–Trinajstić information content (AvgIpc) is 3.10. The molecule has 2 saturated heterocycles. The second-order valence-corrected chi connectivity index (χ2v) is 6.42. The highest BCUT2D eigenvalue weighted by atomic mass is 32.1. The van der Waals surface area contributed by atoms with E-state index in [0.29, 0.717) is 18.0 Å². The molecule has 114 valence electrons. The van der Waals surface area contributed by atoms with Crippen LogP contribution in [-0.2, 0) is 4.79 Å². The zero-order chi connectivity index (χ0) is 15.0. The quantitative estimate of drug-likeness (QED) is 0.846. The molecule has 2 fully saturated rings. The summed E-state index contributed by atoms with van der Waals surface area (Å²) < 4.78 is 0. The van der Waals surface area contributed by atoms with Gasteiger partial charge >= 0.3 is 0 Å². The Morgan fingerprint density at radius 2 is 1.95 bits per heavy atom. The van der Waals surface area contributed by atoms with Gasteiger partial charge < -0.3 is 20.4 Å². The maximum atomic E-state index is 12.5. The van der Waals surface area contributed by atoms with Crippen molar-refractivity contribution >= 4 is 34.1 Å². The van der Waals surface area contributed by atoms with Gasteiger partial charge in [-0.15, -0.1) is 0 Å². The molecular weight excluding hydrogens is 290 g/mol. The Hall–Kier alpha value is -1.83. The number of thiazole rings is 1. The number of likely N-dealkylation sites (N-methyl/N-ethyl adjacent to an activating group) is 1. The van der Waals surface area contributed by atoms with Gasteiger partial charge in [0.05, 0.1) is 0 Å². The summed E-state index contributed by atoms with van der Waals surface area (Å²) in [4.78, 5) is 34.4. The molecule has 0 unspecified atom stereocenters. The van der Waals surface area contributed by atoms with Crippen LogP contribution in [0.1, 0.15) is 22.5 Å². The molecule has 1 aromatic rings. The Kier molecular flexibility index (Phi) is 3.71. The van der Waals surface area contributed by atoms with E-state index in [9.17, 15) is 9.59 Å². The van der Waals surface area contributed by atoms with Crippen LogP contribution in [0.4, 0.5) is 10.9 Å². The number of nitrogens with two attached hydrogens (primary N) is 1. The van der Waals surface area contributed by atoms with E-state index in [-0.39, 0.29) is 24.2 Å². The van der Waals surface area contributed by atoms with E-state index >= 15 is 0 Å². The Balaban J connectivity index is 1.76. The predicted molar refractivity (Wildman–Crippen MR) is 81.5 cm³/mol. The largest absolute Gasteiger partial charge is 0.382 e. The zero-order valence-corrected chi connectivity index (χ0v) is 12.9. The van der Waals surface area contributed by atoms with Crippen LogP contribution in [0.25, 0.3) is 0 Å². The SMILES string of the molecule is CN1CCN(C(=O)c2sc(N3CCCC3)nc2N)CC1=O. The minimum atomic E-state index is -0.183. The van der Waals surface area contributed by atoms with E-state index < -0.39 is 0 Å². The topological polar surface area (TPSA) is 82.8 Å². The molecule has 0 radical (unpaired) electrons. The van der Waals surface area contributed by atoms with Crippen LogP contribution in [-0.4, -0.2) is 66.4 Å². The number of carbonyl (C=O) groups is 2. The third kappa shape index (κ3) is 2.67. The van der Waals surface area contributed by atoms with Crippen LogP contribution >= 0.6 is 11.3 Å². The summed E-state index contributed by atoms with van der Waals surface area (Å²) in [5.74, 6) is 0.0487. The van der Waals surface area contributed by atoms with Gasteiger partial charge in [0.15, 0.2) is 5.13 Å². The second kappa shape index (κ2) is 5.51. The molecule has 0 saturated carbocycles. The van der Waals surface area contributed by atoms with Crippen molar-refractivity contribution in [2.75, 3.05) is 50.4 Å². The van der Waals surface area contributed by atoms with E-state index in [1.807, 2.05) is 0 Å². The average molecular weight is 309 g/mol. The number of hydrogen-bond donors (Lipinski definition) is 1. The molecule has 3 rings (SSSR count). The molecule has 2 aliphatic rings. The van der Waals surface area contributed by atoms with Gasteiger partial charge in [0, 0.05) is 33.2 Å². The third-order valence-corrected chi connectivity index (χ3v) is 5.08. The van der Waals surface area contributed by atoms with Crippen LogP contribution in [0.3, 0.4) is 0 Å². The molecule has 0 bridgehead atoms. The number of nitrogens with zero attached hydrogens (tertiary/aromatic N) is 4. The van der Waals surface area contributed by atoms with Crippen molar-refractivity contribution in [2.45, 2.75) is 12.8 Å². The first-order valence-corrected chi connectivity index (χ1v) is 7.92. The van der Waals surface area contributed by atoms with Crippen LogP contribution in [0.2, 0.25) is 0 Å². The van der Waals surface area contributed by atoms with Crippen molar-refractivity contribution in [3.05, 3.63) is 4.88 Å². The number of hydrogen-bond acceptors (Lipinski definition) is 6. The number of anilines is 2. The van der Waals surface area contributed by atoms with Crippen LogP contribution in [0, 0.1) is 0 Å². The first-order chi connectivity index (χ1) is 10.1. The highest BCUT2D eigenvalue weighted by Crippen LogP contribution is 2.31. The smallest absolute Gasteiger partial charge is 0.268 e. The molecule has 21 heavy (non-hydrogen) atoms. The maximum Gasteiger partial charge on any atom is 0.268 e. The van der Waals surface area contributed by atoms with Crippen molar-refractivity contribution in [3.63, 3.8) is 0 Å². The monoisotopic (exact) mass is 309 g/mol. The summed E-state index contributed by atoms with van der Waals surface area (Å²) in [6, 6.07) is 0. The summed E-state index contributed by atoms with van der Waals surface area (Å²) in [6.45, 7) is 3.15. The number of rotatable bonds is 2. The fourth-order valence-electron chi connectivity index (χ4n) is 2.59. The van der Waals surface area contributed by atoms with Gasteiger partial charge in [-0.25, -0.2) is 4.98 Å². The number of aromatic nitrogens is 1. The van der Waals surface area contributed by atoms with Gasteiger partial charge in [-0.2, -0.15) is 0 Å². The summed E-state index contributed by atoms with van der Waals surface area (Å²) in [6.07, 6.45) is 2.30. The van der Waals surface area contributed by atoms with Gasteiger partial charge in [0.1, 0.15) is 17.2 Å². The molecule has 1 aromatic heterocycles. The van der Waals surface area contributed by atoms with Crippen LogP contribution in [0.5, 0.6) is 0 Å². The Labute approximate surface area is 127 Å². The third-order valence-electron chi connectivity index (χ3n) is 3.96. The molecule has 2 N–H and O–H groups in total. The van der Waals surface area contributed by atoms with E-state index in [2.05, 4.69) is 9.88 Å². The van der Waals surface area contributed by atoms with Gasteiger partial charge in [-0.3, -0.25) is 9.59 Å². The number of carbonyl (C=O) groups excluding carboxylic acids is 2. The molecule has 0 spiro atoms. The predicted octanol–water partition coefficient (Wildman–Crippen LogP) is 0.240. The molecule has 7 nitrogen and oxygen atoms in total.